The SMILES string of the molecule is O=c1[nH]oc2cc(-c3nc4cc(N5CCCC5)cc5c4n3CCCO5)ccc12. The Bertz CT molecular complexity index is 1260. The average molecular weight is 376 g/mol. The van der Waals surface area contributed by atoms with Crippen molar-refractivity contribution in [2.75, 3.05) is 24.6 Å². The fourth-order valence-electron chi connectivity index (χ4n) is 4.42. The van der Waals surface area contributed by atoms with Crippen LogP contribution >= 0.6 is 0 Å². The van der Waals surface area contributed by atoms with Crippen molar-refractivity contribution >= 4 is 27.7 Å². The van der Waals surface area contributed by atoms with E-state index in [2.05, 4.69) is 26.8 Å². The van der Waals surface area contributed by atoms with E-state index >= 15 is 0 Å². The molecule has 4 aromatic rings. The molecule has 142 valence electrons. The fourth-order valence-corrected chi connectivity index (χ4v) is 4.42. The van der Waals surface area contributed by atoms with E-state index in [4.69, 9.17) is 14.2 Å². The van der Waals surface area contributed by atoms with Gasteiger partial charge in [-0.3, -0.25) is 4.79 Å². The third kappa shape index (κ3) is 2.28. The number of ether oxygens (including phenoxy) is 1. The number of rotatable bonds is 2. The number of aromatic nitrogens is 3. The highest BCUT2D eigenvalue weighted by Gasteiger charge is 2.23. The summed E-state index contributed by atoms with van der Waals surface area (Å²) in [6, 6.07) is 9.95. The predicted octanol–water partition coefficient (Wildman–Crippen LogP) is 3.52. The lowest BCUT2D eigenvalue weighted by Crippen LogP contribution is -2.17. The van der Waals surface area contributed by atoms with Crippen LogP contribution in [0.5, 0.6) is 5.75 Å². The number of hydrogen-bond acceptors (Lipinski definition) is 5. The zero-order valence-electron chi connectivity index (χ0n) is 15.4. The summed E-state index contributed by atoms with van der Waals surface area (Å²) in [6.07, 6.45) is 3.39. The molecule has 2 aliphatic rings. The number of aryl methyl sites for hydroxylation is 1. The molecule has 7 nitrogen and oxygen atoms in total. The Morgan fingerprint density at radius 1 is 1.04 bits per heavy atom. The topological polar surface area (TPSA) is 76.3 Å². The van der Waals surface area contributed by atoms with Crippen molar-refractivity contribution in [1.82, 2.24) is 14.7 Å². The molecule has 2 aliphatic heterocycles. The van der Waals surface area contributed by atoms with Gasteiger partial charge in [0.2, 0.25) is 0 Å². The van der Waals surface area contributed by atoms with Gasteiger partial charge in [-0.25, -0.2) is 4.98 Å². The lowest BCUT2D eigenvalue weighted by atomic mass is 10.1. The van der Waals surface area contributed by atoms with Gasteiger partial charge < -0.3 is 18.7 Å². The zero-order valence-corrected chi connectivity index (χ0v) is 15.4. The lowest BCUT2D eigenvalue weighted by molar-refractivity contribution is 0.316. The van der Waals surface area contributed by atoms with Crippen molar-refractivity contribution < 1.29 is 9.26 Å². The molecule has 0 aliphatic carbocycles. The van der Waals surface area contributed by atoms with Crippen molar-refractivity contribution in [3.63, 3.8) is 0 Å². The number of benzene rings is 2. The number of H-pyrrole nitrogens is 1. The third-order valence-corrected chi connectivity index (χ3v) is 5.78. The molecule has 4 heterocycles. The second-order valence-electron chi connectivity index (χ2n) is 7.54. The van der Waals surface area contributed by atoms with Crippen LogP contribution in [-0.4, -0.2) is 34.4 Å². The minimum Gasteiger partial charge on any atom is -0.491 e. The highest BCUT2D eigenvalue weighted by Crippen LogP contribution is 2.38. The summed E-state index contributed by atoms with van der Waals surface area (Å²) in [7, 11) is 0. The van der Waals surface area contributed by atoms with Crippen LogP contribution in [-0.2, 0) is 6.54 Å². The maximum absolute atomic E-state index is 11.8. The number of fused-ring (bicyclic) bond motifs is 1. The molecule has 0 spiro atoms. The average Bonchev–Trinajstić information content (AvgIpc) is 3.41. The van der Waals surface area contributed by atoms with E-state index in [1.165, 1.54) is 18.5 Å². The summed E-state index contributed by atoms with van der Waals surface area (Å²) in [4.78, 5) is 19.1. The van der Waals surface area contributed by atoms with Crippen molar-refractivity contribution in [2.45, 2.75) is 25.8 Å². The normalized spacial score (nSPS) is 16.6. The highest BCUT2D eigenvalue weighted by atomic mass is 16.5. The van der Waals surface area contributed by atoms with Gasteiger partial charge in [-0.1, -0.05) is 6.07 Å². The Morgan fingerprint density at radius 2 is 1.93 bits per heavy atom. The molecule has 2 aromatic heterocycles. The largest absolute Gasteiger partial charge is 0.491 e. The molecule has 2 aromatic carbocycles. The van der Waals surface area contributed by atoms with Gasteiger partial charge in [-0.15, -0.1) is 0 Å². The second kappa shape index (κ2) is 5.89. The second-order valence-corrected chi connectivity index (χ2v) is 7.54. The molecule has 0 amide bonds. The zero-order chi connectivity index (χ0) is 18.7. The Hall–Kier alpha value is -3.22. The Balaban J connectivity index is 1.57. The van der Waals surface area contributed by atoms with Crippen LogP contribution < -0.4 is 15.2 Å². The van der Waals surface area contributed by atoms with Gasteiger partial charge in [-0.2, -0.15) is 5.16 Å². The molecule has 1 fully saturated rings. The summed E-state index contributed by atoms with van der Waals surface area (Å²) in [5.74, 6) is 1.79. The first-order chi connectivity index (χ1) is 13.8. The number of nitrogens with zero attached hydrogens (tertiary/aromatic N) is 3. The quantitative estimate of drug-likeness (QED) is 0.579. The molecule has 0 atom stereocenters. The van der Waals surface area contributed by atoms with Crippen LogP contribution in [0.2, 0.25) is 0 Å². The summed E-state index contributed by atoms with van der Waals surface area (Å²) >= 11 is 0. The standard InChI is InChI=1S/C21H20N4O3/c26-21-15-5-4-13(10-17(15)28-23-21)20-22-16-11-14(24-6-1-2-7-24)12-18-19(16)25(20)8-3-9-27-18/h4-5,10-12H,1-3,6-9H2,(H,23,26). The molecule has 1 saturated heterocycles. The van der Waals surface area contributed by atoms with Crippen LogP contribution in [0.15, 0.2) is 39.6 Å². The first-order valence-corrected chi connectivity index (χ1v) is 9.81. The molecule has 0 bridgehead atoms. The molecule has 6 rings (SSSR count). The van der Waals surface area contributed by atoms with Crippen molar-refractivity contribution in [2.24, 2.45) is 0 Å². The Labute approximate surface area is 160 Å². The van der Waals surface area contributed by atoms with E-state index in [-0.39, 0.29) is 5.56 Å². The molecule has 7 heteroatoms. The van der Waals surface area contributed by atoms with Gasteiger partial charge in [0.1, 0.15) is 17.1 Å². The minimum atomic E-state index is -0.209. The van der Waals surface area contributed by atoms with Crippen LogP contribution in [0.3, 0.4) is 0 Å². The Morgan fingerprint density at radius 3 is 2.82 bits per heavy atom. The van der Waals surface area contributed by atoms with E-state index in [1.807, 2.05) is 12.1 Å². The van der Waals surface area contributed by atoms with Crippen LogP contribution in [0.1, 0.15) is 19.3 Å². The summed E-state index contributed by atoms with van der Waals surface area (Å²) < 4.78 is 13.6. The van der Waals surface area contributed by atoms with Crippen molar-refractivity contribution in [3.05, 3.63) is 40.7 Å². The van der Waals surface area contributed by atoms with Gasteiger partial charge in [0.05, 0.1) is 17.5 Å². The van der Waals surface area contributed by atoms with Gasteiger partial charge >= 0.3 is 0 Å². The Kier molecular flexibility index (Phi) is 3.32. The van der Waals surface area contributed by atoms with E-state index in [9.17, 15) is 4.79 Å². The summed E-state index contributed by atoms with van der Waals surface area (Å²) in [5, 5.41) is 2.95. The van der Waals surface area contributed by atoms with Gasteiger partial charge in [0, 0.05) is 37.0 Å². The number of anilines is 1. The molecule has 1 N–H and O–H groups in total. The lowest BCUT2D eigenvalue weighted by Gasteiger charge is -2.18. The number of hydrogen-bond donors (Lipinski definition) is 1. The summed E-state index contributed by atoms with van der Waals surface area (Å²) in [5.41, 5.74) is 4.45. The minimum absolute atomic E-state index is 0.209. The number of nitrogens with one attached hydrogen (secondary N) is 1. The highest BCUT2D eigenvalue weighted by molar-refractivity contribution is 5.91. The monoisotopic (exact) mass is 376 g/mol. The van der Waals surface area contributed by atoms with Gasteiger partial charge in [-0.05, 0) is 37.5 Å². The smallest absolute Gasteiger partial charge is 0.287 e. The van der Waals surface area contributed by atoms with Crippen LogP contribution in [0.4, 0.5) is 5.69 Å². The maximum Gasteiger partial charge on any atom is 0.287 e. The van der Waals surface area contributed by atoms with E-state index in [0.717, 1.165) is 54.2 Å². The number of imidazole rings is 1. The molecule has 0 saturated carbocycles. The third-order valence-electron chi connectivity index (χ3n) is 5.78. The molecule has 0 unspecified atom stereocenters. The predicted molar refractivity (Wildman–Crippen MR) is 107 cm³/mol. The molecular weight excluding hydrogens is 356 g/mol. The number of aromatic amines is 1. The van der Waals surface area contributed by atoms with E-state index in [0.29, 0.717) is 17.6 Å². The summed E-state index contributed by atoms with van der Waals surface area (Å²) in [6.45, 7) is 3.71. The first-order valence-electron chi connectivity index (χ1n) is 9.81. The van der Waals surface area contributed by atoms with Crippen molar-refractivity contribution in [3.8, 4) is 17.1 Å². The van der Waals surface area contributed by atoms with Crippen molar-refractivity contribution in [1.29, 1.82) is 0 Å². The first kappa shape index (κ1) is 15.8. The van der Waals surface area contributed by atoms with E-state index < -0.39 is 0 Å². The van der Waals surface area contributed by atoms with Crippen LogP contribution in [0.25, 0.3) is 33.4 Å². The van der Waals surface area contributed by atoms with Gasteiger partial charge in [0.25, 0.3) is 5.56 Å². The maximum atomic E-state index is 11.8. The molecule has 28 heavy (non-hydrogen) atoms. The molecule has 0 radical (unpaired) electrons. The fraction of sp³-hybridized carbons (Fsp3) is 0.333. The van der Waals surface area contributed by atoms with Gasteiger partial charge in [0.15, 0.2) is 5.58 Å². The molecular formula is C21H20N4O3. The van der Waals surface area contributed by atoms with E-state index in [1.54, 1.807) is 6.07 Å². The van der Waals surface area contributed by atoms with Crippen LogP contribution in [0, 0.1) is 0 Å².